The highest BCUT2D eigenvalue weighted by Crippen LogP contribution is 2.20. The molecule has 0 saturated carbocycles. The number of aromatic nitrogens is 2. The average molecular weight is 267 g/mol. The maximum absolute atomic E-state index is 13.2. The first-order valence-electron chi connectivity index (χ1n) is 6.34. The number of hydrogen-bond acceptors (Lipinski definition) is 2. The second-order valence-electron chi connectivity index (χ2n) is 4.63. The molecule has 1 aromatic heterocycles. The Hall–Kier alpha value is -2.62. The standard InChI is InChI=1S/C16H14FN3/c17-14-5-1-3-12(9-14)11-20-8-7-19-16(20)13-4-2-6-15(18)10-13/h1-10H,11,18H2. The summed E-state index contributed by atoms with van der Waals surface area (Å²) in [5, 5.41) is 0. The number of rotatable bonds is 3. The minimum Gasteiger partial charge on any atom is -0.399 e. The highest BCUT2D eigenvalue weighted by molar-refractivity contribution is 5.61. The van der Waals surface area contributed by atoms with Gasteiger partial charge in [-0.2, -0.15) is 0 Å². The zero-order chi connectivity index (χ0) is 13.9. The molecule has 0 atom stereocenters. The molecule has 20 heavy (non-hydrogen) atoms. The van der Waals surface area contributed by atoms with Crippen LogP contribution in [0.1, 0.15) is 5.56 Å². The number of imidazole rings is 1. The van der Waals surface area contributed by atoms with Crippen LogP contribution in [0.15, 0.2) is 60.9 Å². The van der Waals surface area contributed by atoms with Gasteiger partial charge in [0.1, 0.15) is 11.6 Å². The van der Waals surface area contributed by atoms with Gasteiger partial charge in [0.15, 0.2) is 0 Å². The maximum Gasteiger partial charge on any atom is 0.140 e. The third-order valence-corrected chi connectivity index (χ3v) is 3.10. The second kappa shape index (κ2) is 5.17. The molecule has 3 nitrogen and oxygen atoms in total. The molecule has 0 saturated heterocycles. The number of nitrogens with zero attached hydrogens (tertiary/aromatic N) is 2. The van der Waals surface area contributed by atoms with Crippen molar-refractivity contribution in [3.63, 3.8) is 0 Å². The highest BCUT2D eigenvalue weighted by Gasteiger charge is 2.07. The van der Waals surface area contributed by atoms with E-state index in [1.54, 1.807) is 12.3 Å². The van der Waals surface area contributed by atoms with Gasteiger partial charge in [0.05, 0.1) is 0 Å². The van der Waals surface area contributed by atoms with Crippen molar-refractivity contribution in [1.82, 2.24) is 9.55 Å². The van der Waals surface area contributed by atoms with Crippen molar-refractivity contribution in [2.24, 2.45) is 0 Å². The third-order valence-electron chi connectivity index (χ3n) is 3.10. The smallest absolute Gasteiger partial charge is 0.140 e. The van der Waals surface area contributed by atoms with Gasteiger partial charge in [-0.05, 0) is 29.8 Å². The van der Waals surface area contributed by atoms with Crippen molar-refractivity contribution in [3.8, 4) is 11.4 Å². The van der Waals surface area contributed by atoms with E-state index in [4.69, 9.17) is 5.73 Å². The van der Waals surface area contributed by atoms with Gasteiger partial charge < -0.3 is 10.3 Å². The molecular weight excluding hydrogens is 253 g/mol. The molecule has 2 aromatic carbocycles. The fourth-order valence-electron chi connectivity index (χ4n) is 2.21. The van der Waals surface area contributed by atoms with E-state index in [9.17, 15) is 4.39 Å². The molecule has 0 aliphatic rings. The van der Waals surface area contributed by atoms with Gasteiger partial charge >= 0.3 is 0 Å². The Bertz CT molecular complexity index is 734. The Morgan fingerprint density at radius 2 is 1.95 bits per heavy atom. The molecule has 3 rings (SSSR count). The van der Waals surface area contributed by atoms with Gasteiger partial charge in [0.25, 0.3) is 0 Å². The molecule has 100 valence electrons. The summed E-state index contributed by atoms with van der Waals surface area (Å²) in [6.07, 6.45) is 3.61. The van der Waals surface area contributed by atoms with E-state index < -0.39 is 0 Å². The van der Waals surface area contributed by atoms with Gasteiger partial charge in [-0.1, -0.05) is 24.3 Å². The topological polar surface area (TPSA) is 43.8 Å². The van der Waals surface area contributed by atoms with E-state index in [0.717, 1.165) is 17.0 Å². The predicted octanol–water partition coefficient (Wildman–Crippen LogP) is 3.32. The number of nitrogen functional groups attached to an aromatic ring is 1. The van der Waals surface area contributed by atoms with Gasteiger partial charge in [-0.3, -0.25) is 0 Å². The van der Waals surface area contributed by atoms with E-state index in [-0.39, 0.29) is 5.82 Å². The highest BCUT2D eigenvalue weighted by atomic mass is 19.1. The zero-order valence-corrected chi connectivity index (χ0v) is 10.8. The molecule has 1 heterocycles. The first kappa shape index (κ1) is 12.4. The first-order valence-corrected chi connectivity index (χ1v) is 6.34. The molecule has 2 N–H and O–H groups in total. The number of benzene rings is 2. The Morgan fingerprint density at radius 1 is 1.10 bits per heavy atom. The monoisotopic (exact) mass is 267 g/mol. The van der Waals surface area contributed by atoms with E-state index in [1.165, 1.54) is 12.1 Å². The lowest BCUT2D eigenvalue weighted by Crippen LogP contribution is -2.01. The third kappa shape index (κ3) is 2.54. The minimum absolute atomic E-state index is 0.229. The lowest BCUT2D eigenvalue weighted by molar-refractivity contribution is 0.623. The SMILES string of the molecule is Nc1cccc(-c2nccn2Cc2cccc(F)c2)c1. The van der Waals surface area contributed by atoms with Gasteiger partial charge in [0.2, 0.25) is 0 Å². The normalized spacial score (nSPS) is 10.7. The lowest BCUT2D eigenvalue weighted by atomic mass is 10.1. The maximum atomic E-state index is 13.2. The number of halogens is 1. The minimum atomic E-state index is -0.229. The molecule has 0 aliphatic carbocycles. The van der Waals surface area contributed by atoms with Crippen LogP contribution in [-0.4, -0.2) is 9.55 Å². The summed E-state index contributed by atoms with van der Waals surface area (Å²) >= 11 is 0. The van der Waals surface area contributed by atoms with Gasteiger partial charge in [-0.25, -0.2) is 9.37 Å². The number of nitrogens with two attached hydrogens (primary N) is 1. The molecule has 0 fully saturated rings. The van der Waals surface area contributed by atoms with E-state index in [0.29, 0.717) is 12.2 Å². The largest absolute Gasteiger partial charge is 0.399 e. The van der Waals surface area contributed by atoms with Crippen LogP contribution in [-0.2, 0) is 6.54 Å². The van der Waals surface area contributed by atoms with Crippen LogP contribution in [0.3, 0.4) is 0 Å². The van der Waals surface area contributed by atoms with E-state index in [1.807, 2.05) is 41.1 Å². The summed E-state index contributed by atoms with van der Waals surface area (Å²) in [6, 6.07) is 14.1. The Labute approximate surface area is 116 Å². The predicted molar refractivity (Wildman–Crippen MR) is 77.6 cm³/mol. The molecule has 0 unspecified atom stereocenters. The van der Waals surface area contributed by atoms with Crippen molar-refractivity contribution < 1.29 is 4.39 Å². The molecule has 0 aliphatic heterocycles. The van der Waals surface area contributed by atoms with Crippen LogP contribution in [0, 0.1) is 5.82 Å². The summed E-state index contributed by atoms with van der Waals surface area (Å²) in [6.45, 7) is 0.571. The van der Waals surface area contributed by atoms with E-state index in [2.05, 4.69) is 4.98 Å². The zero-order valence-electron chi connectivity index (χ0n) is 10.8. The van der Waals surface area contributed by atoms with Gasteiger partial charge in [0, 0.05) is 30.2 Å². The van der Waals surface area contributed by atoms with Crippen LogP contribution in [0.5, 0.6) is 0 Å². The lowest BCUT2D eigenvalue weighted by Gasteiger charge is -2.08. The Balaban J connectivity index is 1.94. The summed E-state index contributed by atoms with van der Waals surface area (Å²) in [5.41, 5.74) is 8.34. The van der Waals surface area contributed by atoms with Crippen molar-refractivity contribution in [1.29, 1.82) is 0 Å². The summed E-state index contributed by atoms with van der Waals surface area (Å²) in [4.78, 5) is 4.36. The van der Waals surface area contributed by atoms with Crippen molar-refractivity contribution in [2.45, 2.75) is 6.54 Å². The van der Waals surface area contributed by atoms with Crippen LogP contribution in [0.2, 0.25) is 0 Å². The molecule has 0 spiro atoms. The first-order chi connectivity index (χ1) is 9.72. The van der Waals surface area contributed by atoms with Crippen molar-refractivity contribution in [3.05, 3.63) is 72.3 Å². The molecule has 0 amide bonds. The summed E-state index contributed by atoms with van der Waals surface area (Å²) in [7, 11) is 0. The Morgan fingerprint density at radius 3 is 2.75 bits per heavy atom. The fourth-order valence-corrected chi connectivity index (χ4v) is 2.21. The quantitative estimate of drug-likeness (QED) is 0.740. The average Bonchev–Trinajstić information content (AvgIpc) is 2.87. The molecular formula is C16H14FN3. The van der Waals surface area contributed by atoms with Crippen LogP contribution < -0.4 is 5.73 Å². The van der Waals surface area contributed by atoms with Crippen LogP contribution in [0.4, 0.5) is 10.1 Å². The molecule has 0 radical (unpaired) electrons. The molecule has 4 heteroatoms. The second-order valence-corrected chi connectivity index (χ2v) is 4.63. The van der Waals surface area contributed by atoms with Gasteiger partial charge in [-0.15, -0.1) is 0 Å². The number of anilines is 1. The molecule has 0 bridgehead atoms. The summed E-state index contributed by atoms with van der Waals surface area (Å²) in [5.74, 6) is 0.592. The molecule has 3 aromatic rings. The fraction of sp³-hybridized carbons (Fsp3) is 0.0625. The summed E-state index contributed by atoms with van der Waals surface area (Å²) < 4.78 is 15.2. The van der Waals surface area contributed by atoms with E-state index >= 15 is 0 Å². The van der Waals surface area contributed by atoms with Crippen LogP contribution in [0.25, 0.3) is 11.4 Å². The van der Waals surface area contributed by atoms with Crippen molar-refractivity contribution in [2.75, 3.05) is 5.73 Å². The van der Waals surface area contributed by atoms with Crippen molar-refractivity contribution >= 4 is 5.69 Å². The van der Waals surface area contributed by atoms with Crippen LogP contribution >= 0.6 is 0 Å². The number of hydrogen-bond donors (Lipinski definition) is 1. The Kier molecular flexibility index (Phi) is 3.21.